The zero-order valence-electron chi connectivity index (χ0n) is 9.76. The number of ether oxygens (including phenoxy) is 2. The van der Waals surface area contributed by atoms with E-state index >= 15 is 0 Å². The summed E-state index contributed by atoms with van der Waals surface area (Å²) < 4.78 is 11.0. The van der Waals surface area contributed by atoms with Crippen LogP contribution in [0.25, 0.3) is 10.9 Å². The van der Waals surface area contributed by atoms with Gasteiger partial charge in [0.1, 0.15) is 0 Å². The maximum absolute atomic E-state index is 11.6. The van der Waals surface area contributed by atoms with Crippen LogP contribution in [-0.4, -0.2) is 19.2 Å². The number of hydrogen-bond acceptors (Lipinski definition) is 3. The van der Waals surface area contributed by atoms with Gasteiger partial charge in [-0.1, -0.05) is 0 Å². The molecule has 5 heteroatoms. The molecule has 0 aliphatic carbocycles. The van der Waals surface area contributed by atoms with E-state index in [-0.39, 0.29) is 5.56 Å². The fourth-order valence-electron chi connectivity index (χ4n) is 1.76. The van der Waals surface area contributed by atoms with Crippen molar-refractivity contribution in [1.82, 2.24) is 4.98 Å². The van der Waals surface area contributed by atoms with Gasteiger partial charge in [-0.15, -0.1) is 0 Å². The Bertz CT molecular complexity index is 634. The highest BCUT2D eigenvalue weighted by Crippen LogP contribution is 2.33. The van der Waals surface area contributed by atoms with Crippen LogP contribution in [0.15, 0.2) is 21.4 Å². The minimum absolute atomic E-state index is 0.151. The first-order valence-corrected chi connectivity index (χ1v) is 5.82. The van der Waals surface area contributed by atoms with Crippen LogP contribution >= 0.6 is 15.9 Å². The van der Waals surface area contributed by atoms with Crippen molar-refractivity contribution in [3.05, 3.63) is 32.5 Å². The molecule has 0 unspecified atom stereocenters. The number of aromatic nitrogens is 1. The third kappa shape index (κ3) is 1.91. The minimum Gasteiger partial charge on any atom is -0.493 e. The van der Waals surface area contributed by atoms with Crippen molar-refractivity contribution in [2.24, 2.45) is 0 Å². The molecule has 1 aromatic heterocycles. The summed E-state index contributed by atoms with van der Waals surface area (Å²) in [4.78, 5) is 14.4. The Morgan fingerprint density at radius 2 is 1.76 bits per heavy atom. The van der Waals surface area contributed by atoms with Crippen LogP contribution in [-0.2, 0) is 0 Å². The second-order valence-corrected chi connectivity index (χ2v) is 4.44. The second kappa shape index (κ2) is 4.41. The van der Waals surface area contributed by atoms with Crippen molar-refractivity contribution in [3.8, 4) is 11.5 Å². The Kier molecular flexibility index (Phi) is 3.11. The third-order valence-electron chi connectivity index (χ3n) is 2.70. The van der Waals surface area contributed by atoms with Gasteiger partial charge in [-0.3, -0.25) is 4.79 Å². The van der Waals surface area contributed by atoms with E-state index in [4.69, 9.17) is 9.47 Å². The molecule has 1 N–H and O–H groups in total. The lowest BCUT2D eigenvalue weighted by Gasteiger charge is -2.11. The van der Waals surface area contributed by atoms with Gasteiger partial charge in [-0.05, 0) is 34.5 Å². The van der Waals surface area contributed by atoms with Crippen LogP contribution in [0.5, 0.6) is 11.5 Å². The van der Waals surface area contributed by atoms with Gasteiger partial charge in [0.15, 0.2) is 11.5 Å². The normalized spacial score (nSPS) is 10.6. The van der Waals surface area contributed by atoms with Crippen molar-refractivity contribution in [2.45, 2.75) is 6.92 Å². The Balaban J connectivity index is 2.88. The molecule has 0 bridgehead atoms. The molecule has 2 aromatic rings. The fraction of sp³-hybridized carbons (Fsp3) is 0.250. The predicted molar refractivity (Wildman–Crippen MR) is 70.1 cm³/mol. The number of aromatic amines is 1. The summed E-state index contributed by atoms with van der Waals surface area (Å²) in [6, 6.07) is 3.61. The van der Waals surface area contributed by atoms with Gasteiger partial charge in [0.2, 0.25) is 0 Å². The van der Waals surface area contributed by atoms with E-state index in [1.54, 1.807) is 20.3 Å². The summed E-state index contributed by atoms with van der Waals surface area (Å²) in [5, 5.41) is 0.925. The maximum atomic E-state index is 11.6. The number of fused-ring (bicyclic) bond motifs is 1. The minimum atomic E-state index is -0.151. The van der Waals surface area contributed by atoms with Gasteiger partial charge >= 0.3 is 0 Å². The average Bonchev–Trinajstić information content (AvgIpc) is 2.34. The highest BCUT2D eigenvalue weighted by molar-refractivity contribution is 9.10. The molecular weight excluding hydrogens is 286 g/mol. The zero-order valence-corrected chi connectivity index (χ0v) is 11.3. The average molecular weight is 298 g/mol. The van der Waals surface area contributed by atoms with Crippen molar-refractivity contribution < 1.29 is 9.47 Å². The molecule has 1 heterocycles. The molecule has 90 valence electrons. The van der Waals surface area contributed by atoms with Gasteiger partial charge in [0, 0.05) is 11.5 Å². The number of rotatable bonds is 2. The molecule has 0 fully saturated rings. The number of H-pyrrole nitrogens is 1. The monoisotopic (exact) mass is 297 g/mol. The van der Waals surface area contributed by atoms with Crippen LogP contribution in [0.3, 0.4) is 0 Å². The van der Waals surface area contributed by atoms with Crippen LogP contribution in [0.2, 0.25) is 0 Å². The Labute approximate surface area is 107 Å². The fourth-order valence-corrected chi connectivity index (χ4v) is 2.07. The molecule has 4 nitrogen and oxygen atoms in total. The van der Waals surface area contributed by atoms with Gasteiger partial charge in [-0.25, -0.2) is 0 Å². The van der Waals surface area contributed by atoms with Crippen LogP contribution in [0, 0.1) is 6.92 Å². The Hall–Kier alpha value is -1.49. The topological polar surface area (TPSA) is 51.3 Å². The lowest BCUT2D eigenvalue weighted by Crippen LogP contribution is -2.08. The first-order chi connectivity index (χ1) is 8.08. The highest BCUT2D eigenvalue weighted by Gasteiger charge is 2.11. The number of hydrogen-bond donors (Lipinski definition) is 1. The molecule has 1 aromatic carbocycles. The number of halogens is 1. The summed E-state index contributed by atoms with van der Waals surface area (Å²) in [6.07, 6.45) is 0. The molecular formula is C12H12BrNO3. The number of pyridine rings is 1. The molecule has 17 heavy (non-hydrogen) atoms. The smallest absolute Gasteiger partial charge is 0.263 e. The molecule has 0 amide bonds. The van der Waals surface area contributed by atoms with E-state index < -0.39 is 0 Å². The first-order valence-electron chi connectivity index (χ1n) is 5.02. The molecule has 0 saturated heterocycles. The van der Waals surface area contributed by atoms with Crippen molar-refractivity contribution in [1.29, 1.82) is 0 Å². The van der Waals surface area contributed by atoms with Crippen molar-refractivity contribution in [3.63, 3.8) is 0 Å². The van der Waals surface area contributed by atoms with Gasteiger partial charge in [-0.2, -0.15) is 0 Å². The molecule has 0 radical (unpaired) electrons. The van der Waals surface area contributed by atoms with Crippen LogP contribution in [0.4, 0.5) is 0 Å². The summed E-state index contributed by atoms with van der Waals surface area (Å²) in [5.74, 6) is 1.24. The first kappa shape index (κ1) is 12.0. The summed E-state index contributed by atoms with van der Waals surface area (Å²) in [6.45, 7) is 1.88. The van der Waals surface area contributed by atoms with E-state index in [2.05, 4.69) is 20.9 Å². The Morgan fingerprint density at radius 1 is 1.18 bits per heavy atom. The van der Waals surface area contributed by atoms with Crippen molar-refractivity contribution in [2.75, 3.05) is 14.2 Å². The SMILES string of the molecule is COc1cc2[nH]c(=O)c(Br)c(C)c2cc1OC. The standard InChI is InChI=1S/C12H12BrNO3/c1-6-7-4-9(16-2)10(17-3)5-8(7)14-12(15)11(6)13/h4-5H,1-3H3,(H,14,15). The second-order valence-electron chi connectivity index (χ2n) is 3.65. The molecule has 0 aliphatic heterocycles. The summed E-state index contributed by atoms with van der Waals surface area (Å²) >= 11 is 3.27. The maximum Gasteiger partial charge on any atom is 0.263 e. The lowest BCUT2D eigenvalue weighted by atomic mass is 10.1. The number of nitrogens with one attached hydrogen (secondary N) is 1. The van der Waals surface area contributed by atoms with E-state index in [1.165, 1.54) is 0 Å². The third-order valence-corrected chi connectivity index (χ3v) is 3.66. The van der Waals surface area contributed by atoms with Crippen LogP contribution < -0.4 is 15.0 Å². The molecule has 2 rings (SSSR count). The van der Waals surface area contributed by atoms with E-state index in [1.807, 2.05) is 13.0 Å². The highest BCUT2D eigenvalue weighted by atomic mass is 79.9. The molecule has 0 saturated carbocycles. The quantitative estimate of drug-likeness (QED) is 0.927. The zero-order chi connectivity index (χ0) is 12.6. The predicted octanol–water partition coefficient (Wildman–Crippen LogP) is 2.62. The number of aryl methyl sites for hydroxylation is 1. The number of benzene rings is 1. The van der Waals surface area contributed by atoms with Gasteiger partial charge in [0.25, 0.3) is 5.56 Å². The van der Waals surface area contributed by atoms with E-state index in [9.17, 15) is 4.79 Å². The van der Waals surface area contributed by atoms with Gasteiger partial charge in [0.05, 0.1) is 24.2 Å². The van der Waals surface area contributed by atoms with Crippen molar-refractivity contribution >= 4 is 26.8 Å². The largest absolute Gasteiger partial charge is 0.493 e. The van der Waals surface area contributed by atoms with Gasteiger partial charge < -0.3 is 14.5 Å². The van der Waals surface area contributed by atoms with E-state index in [0.717, 1.165) is 16.5 Å². The number of methoxy groups -OCH3 is 2. The summed E-state index contributed by atoms with van der Waals surface area (Å²) in [5.41, 5.74) is 1.46. The molecule has 0 spiro atoms. The van der Waals surface area contributed by atoms with E-state index in [0.29, 0.717) is 16.0 Å². The summed E-state index contributed by atoms with van der Waals surface area (Å²) in [7, 11) is 3.15. The van der Waals surface area contributed by atoms with Crippen LogP contribution in [0.1, 0.15) is 5.56 Å². The Morgan fingerprint density at radius 3 is 2.35 bits per heavy atom. The molecule has 0 aliphatic rings. The lowest BCUT2D eigenvalue weighted by molar-refractivity contribution is 0.355. The molecule has 0 atom stereocenters.